The number of aromatic nitrogens is 4. The van der Waals surface area contributed by atoms with Crippen molar-refractivity contribution in [2.75, 3.05) is 31.1 Å². The fourth-order valence-electron chi connectivity index (χ4n) is 3.06. The van der Waals surface area contributed by atoms with Gasteiger partial charge in [0.15, 0.2) is 5.65 Å². The SMILES string of the molecule is O=C(Cc1ccc(F)cc1)N1CCN(c2ncnc3[nH]ncc23)CC1. The molecule has 1 saturated heterocycles. The molecule has 0 aliphatic carbocycles. The predicted octanol–water partition coefficient (Wildman–Crippen LogP) is 1.38. The average Bonchev–Trinajstić information content (AvgIpc) is 3.12. The van der Waals surface area contributed by atoms with Gasteiger partial charge in [-0.05, 0) is 17.7 Å². The van der Waals surface area contributed by atoms with Gasteiger partial charge in [-0.15, -0.1) is 0 Å². The van der Waals surface area contributed by atoms with Crippen LogP contribution >= 0.6 is 0 Å². The van der Waals surface area contributed by atoms with E-state index in [4.69, 9.17) is 0 Å². The molecule has 0 bridgehead atoms. The van der Waals surface area contributed by atoms with Crippen LogP contribution in [0.4, 0.5) is 10.2 Å². The quantitative estimate of drug-likeness (QED) is 0.779. The molecule has 1 aliphatic heterocycles. The number of piperazine rings is 1. The van der Waals surface area contributed by atoms with Crippen molar-refractivity contribution in [2.24, 2.45) is 0 Å². The van der Waals surface area contributed by atoms with Gasteiger partial charge in [0, 0.05) is 26.2 Å². The van der Waals surface area contributed by atoms with E-state index in [-0.39, 0.29) is 11.7 Å². The average molecular weight is 340 g/mol. The second-order valence-corrected chi connectivity index (χ2v) is 6.00. The van der Waals surface area contributed by atoms with E-state index in [1.807, 2.05) is 4.90 Å². The zero-order valence-electron chi connectivity index (χ0n) is 13.5. The van der Waals surface area contributed by atoms with Crippen molar-refractivity contribution in [2.45, 2.75) is 6.42 Å². The smallest absolute Gasteiger partial charge is 0.227 e. The Bertz CT molecular complexity index is 886. The van der Waals surface area contributed by atoms with Gasteiger partial charge in [-0.3, -0.25) is 9.89 Å². The molecule has 1 aliphatic rings. The van der Waals surface area contributed by atoms with E-state index in [9.17, 15) is 9.18 Å². The number of H-pyrrole nitrogens is 1. The van der Waals surface area contributed by atoms with Crippen LogP contribution in [0.5, 0.6) is 0 Å². The molecule has 128 valence electrons. The molecule has 1 amide bonds. The fourth-order valence-corrected chi connectivity index (χ4v) is 3.06. The summed E-state index contributed by atoms with van der Waals surface area (Å²) in [6, 6.07) is 6.07. The highest BCUT2D eigenvalue weighted by Crippen LogP contribution is 2.22. The summed E-state index contributed by atoms with van der Waals surface area (Å²) in [6.07, 6.45) is 3.53. The molecule has 25 heavy (non-hydrogen) atoms. The number of fused-ring (bicyclic) bond motifs is 1. The highest BCUT2D eigenvalue weighted by molar-refractivity contribution is 5.86. The Kier molecular flexibility index (Phi) is 4.01. The van der Waals surface area contributed by atoms with Crippen molar-refractivity contribution in [3.63, 3.8) is 0 Å². The van der Waals surface area contributed by atoms with E-state index in [2.05, 4.69) is 25.1 Å². The normalized spacial score (nSPS) is 14.9. The number of amides is 1. The zero-order chi connectivity index (χ0) is 17.2. The monoisotopic (exact) mass is 340 g/mol. The molecular weight excluding hydrogens is 323 g/mol. The number of carbonyl (C=O) groups excluding carboxylic acids is 1. The summed E-state index contributed by atoms with van der Waals surface area (Å²) < 4.78 is 13.0. The number of aromatic amines is 1. The van der Waals surface area contributed by atoms with Crippen LogP contribution in [0.1, 0.15) is 5.56 Å². The van der Waals surface area contributed by atoms with Gasteiger partial charge in [-0.1, -0.05) is 12.1 Å². The molecule has 8 heteroatoms. The van der Waals surface area contributed by atoms with Crippen LogP contribution in [0.25, 0.3) is 11.0 Å². The molecule has 0 atom stereocenters. The van der Waals surface area contributed by atoms with E-state index >= 15 is 0 Å². The molecule has 3 aromatic rings. The lowest BCUT2D eigenvalue weighted by Gasteiger charge is -2.35. The number of hydrogen-bond acceptors (Lipinski definition) is 5. The van der Waals surface area contributed by atoms with Crippen molar-refractivity contribution in [1.82, 2.24) is 25.1 Å². The van der Waals surface area contributed by atoms with Gasteiger partial charge in [0.1, 0.15) is 18.0 Å². The number of nitrogens with one attached hydrogen (secondary N) is 1. The van der Waals surface area contributed by atoms with Crippen LogP contribution in [0.2, 0.25) is 0 Å². The van der Waals surface area contributed by atoms with Gasteiger partial charge in [0.2, 0.25) is 5.91 Å². The van der Waals surface area contributed by atoms with Crippen molar-refractivity contribution in [3.05, 3.63) is 48.2 Å². The molecule has 0 radical (unpaired) electrons. The summed E-state index contributed by atoms with van der Waals surface area (Å²) >= 11 is 0. The minimum Gasteiger partial charge on any atom is -0.352 e. The highest BCUT2D eigenvalue weighted by atomic mass is 19.1. The Hall–Kier alpha value is -3.03. The summed E-state index contributed by atoms with van der Waals surface area (Å²) in [5.74, 6) is 0.604. The first-order valence-corrected chi connectivity index (χ1v) is 8.12. The molecule has 1 aromatic carbocycles. The van der Waals surface area contributed by atoms with Crippen LogP contribution < -0.4 is 4.90 Å². The Balaban J connectivity index is 1.40. The molecule has 4 rings (SSSR count). The maximum atomic E-state index is 13.0. The predicted molar refractivity (Wildman–Crippen MR) is 90.6 cm³/mol. The maximum absolute atomic E-state index is 13.0. The molecular formula is C17H17FN6O. The second kappa shape index (κ2) is 6.46. The molecule has 0 saturated carbocycles. The van der Waals surface area contributed by atoms with E-state index in [1.165, 1.54) is 18.5 Å². The van der Waals surface area contributed by atoms with E-state index < -0.39 is 0 Å². The summed E-state index contributed by atoms with van der Waals surface area (Å²) in [5, 5.41) is 7.73. The number of rotatable bonds is 3. The number of anilines is 1. The number of benzene rings is 1. The van der Waals surface area contributed by atoms with Crippen LogP contribution in [0.15, 0.2) is 36.8 Å². The molecule has 2 aromatic heterocycles. The van der Waals surface area contributed by atoms with Gasteiger partial charge in [0.25, 0.3) is 0 Å². The maximum Gasteiger partial charge on any atom is 0.227 e. The lowest BCUT2D eigenvalue weighted by Crippen LogP contribution is -2.49. The Labute approximate surface area is 143 Å². The molecule has 0 unspecified atom stereocenters. The third-order valence-electron chi connectivity index (χ3n) is 4.43. The fraction of sp³-hybridized carbons (Fsp3) is 0.294. The zero-order valence-corrected chi connectivity index (χ0v) is 13.5. The lowest BCUT2D eigenvalue weighted by molar-refractivity contribution is -0.130. The minimum absolute atomic E-state index is 0.0578. The van der Waals surface area contributed by atoms with Gasteiger partial charge < -0.3 is 9.80 Å². The Morgan fingerprint density at radius 3 is 2.64 bits per heavy atom. The molecule has 3 heterocycles. The van der Waals surface area contributed by atoms with Crippen molar-refractivity contribution in [3.8, 4) is 0 Å². The number of halogens is 1. The van der Waals surface area contributed by atoms with Gasteiger partial charge in [-0.2, -0.15) is 5.10 Å². The van der Waals surface area contributed by atoms with Crippen LogP contribution in [0.3, 0.4) is 0 Å². The van der Waals surface area contributed by atoms with Crippen molar-refractivity contribution in [1.29, 1.82) is 0 Å². The first kappa shape index (κ1) is 15.5. The number of hydrogen-bond donors (Lipinski definition) is 1. The Morgan fingerprint density at radius 2 is 1.88 bits per heavy atom. The summed E-state index contributed by atoms with van der Waals surface area (Å²) in [5.41, 5.74) is 1.53. The Morgan fingerprint density at radius 1 is 1.12 bits per heavy atom. The first-order chi connectivity index (χ1) is 12.2. The van der Waals surface area contributed by atoms with E-state index in [0.717, 1.165) is 16.8 Å². The molecule has 7 nitrogen and oxygen atoms in total. The van der Waals surface area contributed by atoms with Crippen LogP contribution in [0, 0.1) is 5.82 Å². The summed E-state index contributed by atoms with van der Waals surface area (Å²) in [7, 11) is 0. The van der Waals surface area contributed by atoms with Gasteiger partial charge in [0.05, 0.1) is 18.0 Å². The second-order valence-electron chi connectivity index (χ2n) is 6.00. The van der Waals surface area contributed by atoms with Gasteiger partial charge in [-0.25, -0.2) is 14.4 Å². The summed E-state index contributed by atoms with van der Waals surface area (Å²) in [6.45, 7) is 2.66. The molecule has 1 fully saturated rings. The van der Waals surface area contributed by atoms with E-state index in [0.29, 0.717) is 38.2 Å². The third kappa shape index (κ3) is 3.15. The standard InChI is InChI=1S/C17H17FN6O/c18-13-3-1-12(2-4-13)9-15(25)23-5-7-24(8-6-23)17-14-10-21-22-16(14)19-11-20-17/h1-4,10-11H,5-9H2,(H,19,20,21,22). The number of nitrogens with zero attached hydrogens (tertiary/aromatic N) is 5. The lowest BCUT2D eigenvalue weighted by atomic mass is 10.1. The van der Waals surface area contributed by atoms with Gasteiger partial charge >= 0.3 is 0 Å². The van der Waals surface area contributed by atoms with Crippen LogP contribution in [-0.2, 0) is 11.2 Å². The first-order valence-electron chi connectivity index (χ1n) is 8.12. The molecule has 1 N–H and O–H groups in total. The van der Waals surface area contributed by atoms with Crippen LogP contribution in [-0.4, -0.2) is 57.2 Å². The minimum atomic E-state index is -0.291. The molecule has 0 spiro atoms. The summed E-state index contributed by atoms with van der Waals surface area (Å²) in [4.78, 5) is 24.9. The third-order valence-corrected chi connectivity index (χ3v) is 4.43. The topological polar surface area (TPSA) is 78.0 Å². The van der Waals surface area contributed by atoms with E-state index in [1.54, 1.807) is 18.3 Å². The highest BCUT2D eigenvalue weighted by Gasteiger charge is 2.23. The van der Waals surface area contributed by atoms with Crippen molar-refractivity contribution >= 4 is 22.8 Å². The van der Waals surface area contributed by atoms with Crippen molar-refractivity contribution < 1.29 is 9.18 Å². The largest absolute Gasteiger partial charge is 0.352 e. The number of carbonyl (C=O) groups is 1.